The second kappa shape index (κ2) is 7.87. The van der Waals surface area contributed by atoms with E-state index in [0.29, 0.717) is 37.7 Å². The summed E-state index contributed by atoms with van der Waals surface area (Å²) in [6.07, 6.45) is 6.87. The summed E-state index contributed by atoms with van der Waals surface area (Å²) < 4.78 is 11.4. The highest BCUT2D eigenvalue weighted by Gasteiger charge is 2.32. The fourth-order valence-corrected chi connectivity index (χ4v) is 4.68. The average Bonchev–Trinajstić information content (AvgIpc) is 3.15. The number of amides is 1. The zero-order valence-corrected chi connectivity index (χ0v) is 15.8. The number of carbonyl (C=O) groups is 1. The molecule has 3 aliphatic heterocycles. The molecular formula is C21H30N2O3. The summed E-state index contributed by atoms with van der Waals surface area (Å²) >= 11 is 0. The van der Waals surface area contributed by atoms with Crippen molar-refractivity contribution in [2.24, 2.45) is 0 Å². The van der Waals surface area contributed by atoms with E-state index in [1.807, 2.05) is 6.07 Å². The lowest BCUT2D eigenvalue weighted by atomic mass is 9.99. The molecule has 1 aromatic carbocycles. The van der Waals surface area contributed by atoms with Gasteiger partial charge in [-0.3, -0.25) is 9.69 Å². The van der Waals surface area contributed by atoms with Gasteiger partial charge in [-0.1, -0.05) is 13.0 Å². The van der Waals surface area contributed by atoms with Crippen molar-refractivity contribution in [1.82, 2.24) is 9.80 Å². The van der Waals surface area contributed by atoms with E-state index in [4.69, 9.17) is 9.47 Å². The molecule has 26 heavy (non-hydrogen) atoms. The maximum atomic E-state index is 13.0. The van der Waals surface area contributed by atoms with Crippen LogP contribution in [0.25, 0.3) is 0 Å². The van der Waals surface area contributed by atoms with E-state index in [-0.39, 0.29) is 0 Å². The Hall–Kier alpha value is -1.75. The molecule has 0 radical (unpaired) electrons. The summed E-state index contributed by atoms with van der Waals surface area (Å²) in [5.74, 6) is 1.98. The number of carbonyl (C=O) groups excluding carboxylic acids is 1. The van der Waals surface area contributed by atoms with Crippen molar-refractivity contribution in [3.05, 3.63) is 23.8 Å². The molecule has 2 saturated heterocycles. The van der Waals surface area contributed by atoms with Crippen LogP contribution in [0.5, 0.6) is 11.5 Å². The number of piperidine rings is 1. The van der Waals surface area contributed by atoms with Crippen LogP contribution < -0.4 is 9.47 Å². The molecule has 5 heteroatoms. The van der Waals surface area contributed by atoms with Crippen LogP contribution in [0, 0.1) is 0 Å². The molecule has 0 aliphatic carbocycles. The first-order valence-corrected chi connectivity index (χ1v) is 10.2. The van der Waals surface area contributed by atoms with Gasteiger partial charge in [0, 0.05) is 18.6 Å². The quantitative estimate of drug-likeness (QED) is 0.827. The molecule has 0 unspecified atom stereocenters. The molecule has 0 bridgehead atoms. The van der Waals surface area contributed by atoms with Crippen LogP contribution in [0.2, 0.25) is 0 Å². The van der Waals surface area contributed by atoms with Crippen molar-refractivity contribution in [2.45, 2.75) is 57.5 Å². The van der Waals surface area contributed by atoms with E-state index >= 15 is 0 Å². The van der Waals surface area contributed by atoms with Crippen molar-refractivity contribution < 1.29 is 14.3 Å². The number of ether oxygens (including phenoxy) is 2. The molecule has 0 spiro atoms. The maximum absolute atomic E-state index is 13.0. The second-order valence-electron chi connectivity index (χ2n) is 7.68. The number of hydrogen-bond donors (Lipinski definition) is 0. The predicted molar refractivity (Wildman–Crippen MR) is 101 cm³/mol. The zero-order chi connectivity index (χ0) is 17.9. The number of benzene rings is 1. The third kappa shape index (κ3) is 3.54. The SMILES string of the molecule is CC[C@@H]1CCCCN1C(=O)CN1CCC[C@H]1c1ccc2c(c1)OCCO2. The van der Waals surface area contributed by atoms with E-state index in [1.165, 1.54) is 12.0 Å². The van der Waals surface area contributed by atoms with Crippen molar-refractivity contribution in [3.63, 3.8) is 0 Å². The first-order valence-electron chi connectivity index (χ1n) is 10.2. The van der Waals surface area contributed by atoms with Crippen LogP contribution in [0.4, 0.5) is 0 Å². The molecule has 2 atom stereocenters. The Labute approximate surface area is 156 Å². The minimum absolute atomic E-state index is 0.305. The van der Waals surface area contributed by atoms with Crippen LogP contribution in [0.3, 0.4) is 0 Å². The molecule has 0 aromatic heterocycles. The van der Waals surface area contributed by atoms with Crippen molar-refractivity contribution >= 4 is 5.91 Å². The Morgan fingerprint density at radius 2 is 1.92 bits per heavy atom. The van der Waals surface area contributed by atoms with Crippen molar-refractivity contribution in [1.29, 1.82) is 0 Å². The van der Waals surface area contributed by atoms with E-state index in [2.05, 4.69) is 28.9 Å². The fourth-order valence-electron chi connectivity index (χ4n) is 4.68. The summed E-state index contributed by atoms with van der Waals surface area (Å²) in [5.41, 5.74) is 1.24. The predicted octanol–water partition coefficient (Wildman–Crippen LogP) is 3.39. The minimum Gasteiger partial charge on any atom is -0.486 e. The van der Waals surface area contributed by atoms with Gasteiger partial charge >= 0.3 is 0 Å². The van der Waals surface area contributed by atoms with E-state index in [9.17, 15) is 4.79 Å². The normalized spacial score (nSPS) is 26.1. The van der Waals surface area contributed by atoms with E-state index in [1.54, 1.807) is 0 Å². The smallest absolute Gasteiger partial charge is 0.237 e. The van der Waals surface area contributed by atoms with Crippen LogP contribution in [-0.4, -0.2) is 54.6 Å². The Bertz CT molecular complexity index is 648. The summed E-state index contributed by atoms with van der Waals surface area (Å²) in [6, 6.07) is 7.00. The second-order valence-corrected chi connectivity index (χ2v) is 7.68. The highest BCUT2D eigenvalue weighted by atomic mass is 16.6. The van der Waals surface area contributed by atoms with Crippen LogP contribution in [0.15, 0.2) is 18.2 Å². The molecule has 4 rings (SSSR count). The van der Waals surface area contributed by atoms with Gasteiger partial charge in [0.2, 0.25) is 5.91 Å². The van der Waals surface area contributed by atoms with Gasteiger partial charge in [-0.15, -0.1) is 0 Å². The first kappa shape index (κ1) is 17.7. The summed E-state index contributed by atoms with van der Waals surface area (Å²) in [4.78, 5) is 17.5. The standard InChI is InChI=1S/C21H30N2O3/c1-2-17-6-3-4-11-23(17)21(24)15-22-10-5-7-18(22)16-8-9-19-20(14-16)26-13-12-25-19/h8-9,14,17-18H,2-7,10-13,15H2,1H3/t17-,18+/m1/s1. The largest absolute Gasteiger partial charge is 0.486 e. The lowest BCUT2D eigenvalue weighted by Crippen LogP contribution is -2.47. The van der Waals surface area contributed by atoms with Gasteiger partial charge in [0.25, 0.3) is 0 Å². The molecule has 3 heterocycles. The fraction of sp³-hybridized carbons (Fsp3) is 0.667. The van der Waals surface area contributed by atoms with Crippen molar-refractivity contribution in [3.8, 4) is 11.5 Å². The average molecular weight is 358 g/mol. The Morgan fingerprint density at radius 3 is 2.77 bits per heavy atom. The van der Waals surface area contributed by atoms with Gasteiger partial charge in [-0.05, 0) is 62.8 Å². The minimum atomic E-state index is 0.305. The molecule has 0 saturated carbocycles. The molecule has 2 fully saturated rings. The number of fused-ring (bicyclic) bond motifs is 1. The molecule has 3 aliphatic rings. The molecule has 5 nitrogen and oxygen atoms in total. The number of hydrogen-bond acceptors (Lipinski definition) is 4. The van der Waals surface area contributed by atoms with E-state index in [0.717, 1.165) is 56.7 Å². The summed E-state index contributed by atoms with van der Waals surface area (Å²) in [6.45, 7) is 5.89. The summed E-state index contributed by atoms with van der Waals surface area (Å²) in [5, 5.41) is 0. The van der Waals surface area contributed by atoms with Crippen molar-refractivity contribution in [2.75, 3.05) is 32.8 Å². The summed E-state index contributed by atoms with van der Waals surface area (Å²) in [7, 11) is 0. The van der Waals surface area contributed by atoms with Gasteiger partial charge in [0.05, 0.1) is 6.54 Å². The van der Waals surface area contributed by atoms with Gasteiger partial charge < -0.3 is 14.4 Å². The number of likely N-dealkylation sites (tertiary alicyclic amines) is 2. The number of nitrogens with zero attached hydrogens (tertiary/aromatic N) is 2. The van der Waals surface area contributed by atoms with Gasteiger partial charge in [0.15, 0.2) is 11.5 Å². The third-order valence-electron chi connectivity index (χ3n) is 6.07. The highest BCUT2D eigenvalue weighted by molar-refractivity contribution is 5.78. The van der Waals surface area contributed by atoms with Crippen LogP contribution in [0.1, 0.15) is 57.1 Å². The first-order chi connectivity index (χ1) is 12.8. The Morgan fingerprint density at radius 1 is 1.08 bits per heavy atom. The Kier molecular flexibility index (Phi) is 5.34. The molecule has 1 aromatic rings. The van der Waals surface area contributed by atoms with Gasteiger partial charge in [-0.2, -0.15) is 0 Å². The Balaban J connectivity index is 1.45. The lowest BCUT2D eigenvalue weighted by Gasteiger charge is -2.37. The van der Waals surface area contributed by atoms with Gasteiger partial charge in [0.1, 0.15) is 13.2 Å². The number of rotatable bonds is 4. The molecule has 1 amide bonds. The lowest BCUT2D eigenvalue weighted by molar-refractivity contribution is -0.136. The molecule has 0 N–H and O–H groups in total. The monoisotopic (exact) mass is 358 g/mol. The van der Waals surface area contributed by atoms with Crippen LogP contribution in [-0.2, 0) is 4.79 Å². The van der Waals surface area contributed by atoms with Crippen LogP contribution >= 0.6 is 0 Å². The molecule has 142 valence electrons. The van der Waals surface area contributed by atoms with Gasteiger partial charge in [-0.25, -0.2) is 0 Å². The highest BCUT2D eigenvalue weighted by Crippen LogP contribution is 2.38. The topological polar surface area (TPSA) is 42.0 Å². The zero-order valence-electron chi connectivity index (χ0n) is 15.8. The van der Waals surface area contributed by atoms with E-state index < -0.39 is 0 Å². The maximum Gasteiger partial charge on any atom is 0.237 e. The third-order valence-corrected chi connectivity index (χ3v) is 6.07. The molecular weight excluding hydrogens is 328 g/mol.